The zero-order valence-electron chi connectivity index (χ0n) is 9.79. The summed E-state index contributed by atoms with van der Waals surface area (Å²) < 4.78 is 6.09. The van der Waals surface area contributed by atoms with Gasteiger partial charge in [-0.1, -0.05) is 25.7 Å². The molecule has 2 aliphatic carbocycles. The summed E-state index contributed by atoms with van der Waals surface area (Å²) in [6.07, 6.45) is 11.3. The standard InChI is InChI=1S/C13H25NO/c14-9-12-7-3-4-8-13(12)15-10-11-5-1-2-6-11/h11-13H,1-10,14H2. The fraction of sp³-hybridized carbons (Fsp3) is 1.00. The maximum Gasteiger partial charge on any atom is 0.0615 e. The van der Waals surface area contributed by atoms with Gasteiger partial charge in [0.05, 0.1) is 6.10 Å². The highest BCUT2D eigenvalue weighted by Gasteiger charge is 2.26. The minimum Gasteiger partial charge on any atom is -0.378 e. The van der Waals surface area contributed by atoms with Crippen LogP contribution in [0.3, 0.4) is 0 Å². The van der Waals surface area contributed by atoms with E-state index < -0.39 is 0 Å². The molecule has 0 aromatic rings. The third-order valence-electron chi connectivity index (χ3n) is 4.16. The summed E-state index contributed by atoms with van der Waals surface area (Å²) in [5.74, 6) is 1.49. The number of rotatable bonds is 4. The molecule has 0 spiro atoms. The Morgan fingerprint density at radius 3 is 2.33 bits per heavy atom. The Bertz CT molecular complexity index is 177. The van der Waals surface area contributed by atoms with Gasteiger partial charge in [-0.3, -0.25) is 0 Å². The molecule has 2 unspecified atom stereocenters. The topological polar surface area (TPSA) is 35.2 Å². The molecule has 0 aromatic heterocycles. The van der Waals surface area contributed by atoms with Crippen molar-refractivity contribution in [3.63, 3.8) is 0 Å². The van der Waals surface area contributed by atoms with E-state index in [1.807, 2.05) is 0 Å². The Labute approximate surface area is 93.6 Å². The summed E-state index contributed by atoms with van der Waals surface area (Å²) in [4.78, 5) is 0. The van der Waals surface area contributed by atoms with Gasteiger partial charge in [0.1, 0.15) is 0 Å². The molecule has 0 heterocycles. The largest absolute Gasteiger partial charge is 0.378 e. The van der Waals surface area contributed by atoms with Gasteiger partial charge in [0.15, 0.2) is 0 Å². The fourth-order valence-corrected chi connectivity index (χ4v) is 3.10. The van der Waals surface area contributed by atoms with Gasteiger partial charge in [0, 0.05) is 6.61 Å². The monoisotopic (exact) mass is 211 g/mol. The predicted octanol–water partition coefficient (Wildman–Crippen LogP) is 2.71. The lowest BCUT2D eigenvalue weighted by molar-refractivity contribution is -0.0234. The molecule has 2 N–H and O–H groups in total. The lowest BCUT2D eigenvalue weighted by Crippen LogP contribution is -2.34. The lowest BCUT2D eigenvalue weighted by atomic mass is 9.86. The first kappa shape index (κ1) is 11.4. The summed E-state index contributed by atoms with van der Waals surface area (Å²) in [6.45, 7) is 1.82. The van der Waals surface area contributed by atoms with Crippen molar-refractivity contribution in [2.24, 2.45) is 17.6 Å². The number of hydrogen-bond acceptors (Lipinski definition) is 2. The average Bonchev–Trinajstić information content (AvgIpc) is 2.79. The normalized spacial score (nSPS) is 33.4. The van der Waals surface area contributed by atoms with Crippen molar-refractivity contribution in [3.8, 4) is 0 Å². The van der Waals surface area contributed by atoms with E-state index >= 15 is 0 Å². The zero-order valence-corrected chi connectivity index (χ0v) is 9.79. The highest BCUT2D eigenvalue weighted by molar-refractivity contribution is 4.77. The van der Waals surface area contributed by atoms with Crippen LogP contribution in [0.15, 0.2) is 0 Å². The molecule has 2 nitrogen and oxygen atoms in total. The quantitative estimate of drug-likeness (QED) is 0.776. The molecule has 2 rings (SSSR count). The van der Waals surface area contributed by atoms with Crippen LogP contribution in [-0.4, -0.2) is 19.3 Å². The minimum atomic E-state index is 0.476. The van der Waals surface area contributed by atoms with Crippen molar-refractivity contribution in [2.45, 2.75) is 57.5 Å². The molecule has 88 valence electrons. The molecule has 15 heavy (non-hydrogen) atoms. The van der Waals surface area contributed by atoms with Crippen LogP contribution in [0.5, 0.6) is 0 Å². The first-order valence-electron chi connectivity index (χ1n) is 6.72. The van der Waals surface area contributed by atoms with Crippen LogP contribution in [0.2, 0.25) is 0 Å². The van der Waals surface area contributed by atoms with Crippen molar-refractivity contribution in [3.05, 3.63) is 0 Å². The Hall–Kier alpha value is -0.0800. The first-order chi connectivity index (χ1) is 7.40. The van der Waals surface area contributed by atoms with E-state index in [1.54, 1.807) is 0 Å². The molecule has 0 amide bonds. The summed E-state index contributed by atoms with van der Waals surface area (Å²) >= 11 is 0. The molecule has 0 aliphatic heterocycles. The minimum absolute atomic E-state index is 0.476. The predicted molar refractivity (Wildman–Crippen MR) is 62.7 cm³/mol. The average molecular weight is 211 g/mol. The molecule has 0 aromatic carbocycles. The maximum atomic E-state index is 6.09. The second-order valence-electron chi connectivity index (χ2n) is 5.30. The van der Waals surface area contributed by atoms with Crippen LogP contribution in [0.25, 0.3) is 0 Å². The third kappa shape index (κ3) is 3.18. The Morgan fingerprint density at radius 1 is 0.933 bits per heavy atom. The van der Waals surface area contributed by atoms with Crippen molar-refractivity contribution in [2.75, 3.05) is 13.2 Å². The molecule has 2 saturated carbocycles. The van der Waals surface area contributed by atoms with E-state index in [4.69, 9.17) is 10.5 Å². The van der Waals surface area contributed by atoms with Gasteiger partial charge in [-0.2, -0.15) is 0 Å². The van der Waals surface area contributed by atoms with E-state index in [2.05, 4.69) is 0 Å². The fourth-order valence-electron chi connectivity index (χ4n) is 3.10. The van der Waals surface area contributed by atoms with Gasteiger partial charge in [-0.15, -0.1) is 0 Å². The molecule has 0 radical (unpaired) electrons. The maximum absolute atomic E-state index is 6.09. The van der Waals surface area contributed by atoms with Gasteiger partial charge >= 0.3 is 0 Å². The molecule has 0 bridgehead atoms. The zero-order chi connectivity index (χ0) is 10.5. The molecule has 2 heteroatoms. The van der Waals surface area contributed by atoms with Crippen molar-refractivity contribution < 1.29 is 4.74 Å². The Balaban J connectivity index is 1.71. The van der Waals surface area contributed by atoms with Crippen LogP contribution in [0, 0.1) is 11.8 Å². The smallest absolute Gasteiger partial charge is 0.0615 e. The van der Waals surface area contributed by atoms with Gasteiger partial charge in [0.25, 0.3) is 0 Å². The highest BCUT2D eigenvalue weighted by Crippen LogP contribution is 2.29. The lowest BCUT2D eigenvalue weighted by Gasteiger charge is -2.31. The van der Waals surface area contributed by atoms with Crippen LogP contribution in [0.1, 0.15) is 51.4 Å². The van der Waals surface area contributed by atoms with Crippen molar-refractivity contribution in [1.82, 2.24) is 0 Å². The van der Waals surface area contributed by atoms with E-state index in [0.29, 0.717) is 12.0 Å². The summed E-state index contributed by atoms with van der Waals surface area (Å²) in [7, 11) is 0. The highest BCUT2D eigenvalue weighted by atomic mass is 16.5. The van der Waals surface area contributed by atoms with E-state index in [9.17, 15) is 0 Å². The number of nitrogens with two attached hydrogens (primary N) is 1. The molecular formula is C13H25NO. The summed E-state index contributed by atoms with van der Waals surface area (Å²) in [5, 5.41) is 0. The number of ether oxygens (including phenoxy) is 1. The molecule has 2 atom stereocenters. The Morgan fingerprint density at radius 2 is 1.60 bits per heavy atom. The van der Waals surface area contributed by atoms with Gasteiger partial charge < -0.3 is 10.5 Å². The van der Waals surface area contributed by atoms with E-state index in [-0.39, 0.29) is 0 Å². The number of hydrogen-bond donors (Lipinski definition) is 1. The van der Waals surface area contributed by atoms with E-state index in [1.165, 1.54) is 51.4 Å². The van der Waals surface area contributed by atoms with Crippen LogP contribution < -0.4 is 5.73 Å². The third-order valence-corrected chi connectivity index (χ3v) is 4.16. The SMILES string of the molecule is NCC1CCCCC1OCC1CCCC1. The van der Waals surface area contributed by atoms with Crippen LogP contribution in [-0.2, 0) is 4.74 Å². The van der Waals surface area contributed by atoms with Gasteiger partial charge in [-0.05, 0) is 44.1 Å². The summed E-state index contributed by atoms with van der Waals surface area (Å²) in [5.41, 5.74) is 5.80. The first-order valence-corrected chi connectivity index (χ1v) is 6.72. The Kier molecular flexibility index (Phi) is 4.45. The van der Waals surface area contributed by atoms with Crippen molar-refractivity contribution in [1.29, 1.82) is 0 Å². The van der Waals surface area contributed by atoms with Crippen LogP contribution >= 0.6 is 0 Å². The van der Waals surface area contributed by atoms with Gasteiger partial charge in [0.2, 0.25) is 0 Å². The van der Waals surface area contributed by atoms with E-state index in [0.717, 1.165) is 19.1 Å². The molecule has 0 saturated heterocycles. The molecule has 2 fully saturated rings. The molecule has 2 aliphatic rings. The van der Waals surface area contributed by atoms with Gasteiger partial charge in [-0.25, -0.2) is 0 Å². The van der Waals surface area contributed by atoms with Crippen molar-refractivity contribution >= 4 is 0 Å². The van der Waals surface area contributed by atoms with Crippen LogP contribution in [0.4, 0.5) is 0 Å². The second kappa shape index (κ2) is 5.86. The summed E-state index contributed by atoms with van der Waals surface area (Å²) in [6, 6.07) is 0. The second-order valence-corrected chi connectivity index (χ2v) is 5.30. The molecular weight excluding hydrogens is 186 g/mol.